The van der Waals surface area contributed by atoms with Crippen LogP contribution >= 0.6 is 0 Å². The first-order valence-corrected chi connectivity index (χ1v) is 5.15. The van der Waals surface area contributed by atoms with Crippen molar-refractivity contribution in [2.75, 3.05) is 6.61 Å². The smallest absolute Gasteiger partial charge is 0.416 e. The van der Waals surface area contributed by atoms with Gasteiger partial charge in [-0.05, 0) is 25.5 Å². The third-order valence-corrected chi connectivity index (χ3v) is 2.28. The largest absolute Gasteiger partial charge is 0.490 e. The highest BCUT2D eigenvalue weighted by molar-refractivity contribution is 5.50. The highest BCUT2D eigenvalue weighted by atomic mass is 19.4. The SMILES string of the molecule is C/C1=C/C(C(F)(F)F)=C\C=C(\OCC=O)CC1. The molecule has 0 N–H and O–H groups in total. The normalized spacial score (nSPS) is 26.5. The van der Waals surface area contributed by atoms with Gasteiger partial charge in [0, 0.05) is 6.42 Å². The molecule has 1 aliphatic carbocycles. The molecule has 94 valence electrons. The standard InChI is InChI=1S/C12H13F3O2/c1-9-2-4-11(17-7-6-16)5-3-10(8-9)12(13,14)15/h3,5-6,8H,2,4,7H2,1H3/b9-8-,10-3+,11-5+. The predicted molar refractivity (Wildman–Crippen MR) is 57.2 cm³/mol. The lowest BCUT2D eigenvalue weighted by molar-refractivity contribution is -0.110. The van der Waals surface area contributed by atoms with Gasteiger partial charge in [-0.15, -0.1) is 0 Å². The lowest BCUT2D eigenvalue weighted by Crippen LogP contribution is -2.11. The molecule has 0 atom stereocenters. The van der Waals surface area contributed by atoms with E-state index in [4.69, 9.17) is 4.74 Å². The van der Waals surface area contributed by atoms with Crippen LogP contribution < -0.4 is 0 Å². The van der Waals surface area contributed by atoms with Crippen LogP contribution in [-0.4, -0.2) is 19.1 Å². The first-order valence-electron chi connectivity index (χ1n) is 5.15. The molecular formula is C12H13F3O2. The van der Waals surface area contributed by atoms with Gasteiger partial charge in [0.25, 0.3) is 0 Å². The molecule has 2 nitrogen and oxygen atoms in total. The Hall–Kier alpha value is -1.52. The Kier molecular flexibility index (Phi) is 4.54. The van der Waals surface area contributed by atoms with Crippen LogP contribution in [0.5, 0.6) is 0 Å². The monoisotopic (exact) mass is 246 g/mol. The van der Waals surface area contributed by atoms with Gasteiger partial charge in [0.1, 0.15) is 6.61 Å². The van der Waals surface area contributed by atoms with Crippen LogP contribution in [0.3, 0.4) is 0 Å². The van der Waals surface area contributed by atoms with E-state index in [2.05, 4.69) is 0 Å². The third-order valence-electron chi connectivity index (χ3n) is 2.28. The van der Waals surface area contributed by atoms with Crippen LogP contribution in [0.4, 0.5) is 13.2 Å². The van der Waals surface area contributed by atoms with Gasteiger partial charge in [0.05, 0.1) is 11.3 Å². The summed E-state index contributed by atoms with van der Waals surface area (Å²) in [4.78, 5) is 10.1. The maximum Gasteiger partial charge on any atom is 0.416 e. The van der Waals surface area contributed by atoms with Crippen LogP contribution in [0, 0.1) is 0 Å². The molecule has 5 heteroatoms. The first kappa shape index (κ1) is 13.5. The Balaban J connectivity index is 2.93. The topological polar surface area (TPSA) is 26.3 Å². The van der Waals surface area contributed by atoms with E-state index in [0.29, 0.717) is 30.5 Å². The van der Waals surface area contributed by atoms with Crippen molar-refractivity contribution in [1.29, 1.82) is 0 Å². The second-order valence-electron chi connectivity index (χ2n) is 3.72. The zero-order chi connectivity index (χ0) is 12.9. The van der Waals surface area contributed by atoms with Gasteiger partial charge in [0.2, 0.25) is 0 Å². The van der Waals surface area contributed by atoms with E-state index < -0.39 is 11.7 Å². The number of carbonyl (C=O) groups excluding carboxylic acids is 1. The van der Waals surface area contributed by atoms with E-state index in [1.165, 1.54) is 6.08 Å². The van der Waals surface area contributed by atoms with Gasteiger partial charge in [-0.2, -0.15) is 13.2 Å². The number of rotatable bonds is 3. The van der Waals surface area contributed by atoms with Crippen LogP contribution in [0.25, 0.3) is 0 Å². The number of allylic oxidation sites excluding steroid dienone is 6. The number of carbonyl (C=O) groups is 1. The molecule has 1 aliphatic rings. The van der Waals surface area contributed by atoms with Crippen molar-refractivity contribution in [2.24, 2.45) is 0 Å². The molecular weight excluding hydrogens is 233 g/mol. The molecule has 0 aromatic rings. The second kappa shape index (κ2) is 5.70. The lowest BCUT2D eigenvalue weighted by Gasteiger charge is -2.13. The maximum atomic E-state index is 12.6. The van der Waals surface area contributed by atoms with E-state index >= 15 is 0 Å². The van der Waals surface area contributed by atoms with Crippen LogP contribution in [-0.2, 0) is 9.53 Å². The molecule has 17 heavy (non-hydrogen) atoms. The predicted octanol–water partition coefficient (Wildman–Crippen LogP) is 3.31. The molecule has 0 bridgehead atoms. The Labute approximate surface area is 97.5 Å². The minimum Gasteiger partial charge on any atom is -0.490 e. The van der Waals surface area contributed by atoms with Crippen LogP contribution in [0.2, 0.25) is 0 Å². The van der Waals surface area contributed by atoms with E-state index in [-0.39, 0.29) is 6.61 Å². The van der Waals surface area contributed by atoms with E-state index in [1.54, 1.807) is 6.92 Å². The van der Waals surface area contributed by atoms with Gasteiger partial charge < -0.3 is 4.74 Å². The zero-order valence-electron chi connectivity index (χ0n) is 9.38. The molecule has 0 spiro atoms. The van der Waals surface area contributed by atoms with Crippen molar-refractivity contribution >= 4 is 6.29 Å². The molecule has 0 radical (unpaired) electrons. The van der Waals surface area contributed by atoms with E-state index in [9.17, 15) is 18.0 Å². The van der Waals surface area contributed by atoms with Crippen molar-refractivity contribution in [3.8, 4) is 0 Å². The highest BCUT2D eigenvalue weighted by Crippen LogP contribution is 2.30. The molecule has 0 saturated carbocycles. The molecule has 0 unspecified atom stereocenters. The quantitative estimate of drug-likeness (QED) is 0.714. The second-order valence-corrected chi connectivity index (χ2v) is 3.72. The third kappa shape index (κ3) is 4.46. The van der Waals surface area contributed by atoms with Gasteiger partial charge in [-0.3, -0.25) is 4.79 Å². The fourth-order valence-electron chi connectivity index (χ4n) is 1.41. The first-order chi connectivity index (χ1) is 7.93. The number of hydrogen-bond donors (Lipinski definition) is 0. The van der Waals surface area contributed by atoms with E-state index in [1.807, 2.05) is 0 Å². The fourth-order valence-corrected chi connectivity index (χ4v) is 1.41. The van der Waals surface area contributed by atoms with Crippen molar-refractivity contribution in [1.82, 2.24) is 0 Å². The summed E-state index contributed by atoms with van der Waals surface area (Å²) in [5, 5.41) is 0. The Morgan fingerprint density at radius 1 is 1.35 bits per heavy atom. The van der Waals surface area contributed by atoms with Crippen LogP contribution in [0.15, 0.2) is 35.1 Å². The Morgan fingerprint density at radius 2 is 2.06 bits per heavy atom. The molecule has 0 saturated heterocycles. The van der Waals surface area contributed by atoms with Crippen molar-refractivity contribution in [3.63, 3.8) is 0 Å². The number of aldehydes is 1. The van der Waals surface area contributed by atoms with Gasteiger partial charge >= 0.3 is 6.18 Å². The summed E-state index contributed by atoms with van der Waals surface area (Å²) in [6.45, 7) is 1.51. The maximum absolute atomic E-state index is 12.6. The van der Waals surface area contributed by atoms with Crippen LogP contribution in [0.1, 0.15) is 19.8 Å². The summed E-state index contributed by atoms with van der Waals surface area (Å²) >= 11 is 0. The molecule has 0 amide bonds. The minimum atomic E-state index is -4.37. The summed E-state index contributed by atoms with van der Waals surface area (Å²) in [6, 6.07) is 0. The van der Waals surface area contributed by atoms with Gasteiger partial charge in [-0.1, -0.05) is 11.6 Å². The highest BCUT2D eigenvalue weighted by Gasteiger charge is 2.32. The number of ether oxygens (including phenoxy) is 1. The summed E-state index contributed by atoms with van der Waals surface area (Å²) in [5.74, 6) is 0.395. The number of halogens is 3. The molecule has 1 rings (SSSR count). The number of hydrogen-bond acceptors (Lipinski definition) is 2. The lowest BCUT2D eigenvalue weighted by atomic mass is 10.0. The molecule has 0 aromatic heterocycles. The number of alkyl halides is 3. The summed E-state index contributed by atoms with van der Waals surface area (Å²) in [6.07, 6.45) is 0.558. The summed E-state index contributed by atoms with van der Waals surface area (Å²) in [5.41, 5.74) is -0.0734. The molecule has 0 fully saturated rings. The zero-order valence-corrected chi connectivity index (χ0v) is 9.38. The molecule has 0 aromatic carbocycles. The molecule has 0 heterocycles. The Morgan fingerprint density at radius 3 is 2.65 bits per heavy atom. The van der Waals surface area contributed by atoms with Crippen molar-refractivity contribution < 1.29 is 22.7 Å². The van der Waals surface area contributed by atoms with Gasteiger partial charge in [0.15, 0.2) is 6.29 Å². The minimum absolute atomic E-state index is 0.135. The van der Waals surface area contributed by atoms with Crippen molar-refractivity contribution in [3.05, 3.63) is 35.1 Å². The molecule has 0 aliphatic heterocycles. The fraction of sp³-hybridized carbons (Fsp3) is 0.417. The summed E-state index contributed by atoms with van der Waals surface area (Å²) < 4.78 is 42.7. The summed E-state index contributed by atoms with van der Waals surface area (Å²) in [7, 11) is 0. The van der Waals surface area contributed by atoms with Crippen molar-refractivity contribution in [2.45, 2.75) is 25.9 Å². The average molecular weight is 246 g/mol. The van der Waals surface area contributed by atoms with Gasteiger partial charge in [-0.25, -0.2) is 0 Å². The Bertz CT molecular complexity index is 376. The average Bonchev–Trinajstić information content (AvgIpc) is 2.21. The van der Waals surface area contributed by atoms with E-state index in [0.717, 1.165) is 12.2 Å².